The molecular weight excluding hydrogens is 540 g/mol. The number of halogens is 2. The number of anilines is 1. The summed E-state index contributed by atoms with van der Waals surface area (Å²) < 4.78 is 64.0. The summed E-state index contributed by atoms with van der Waals surface area (Å²) in [5.41, 5.74) is 2.11. The van der Waals surface area contributed by atoms with E-state index in [-0.39, 0.29) is 22.8 Å². The van der Waals surface area contributed by atoms with E-state index in [0.717, 1.165) is 38.3 Å². The van der Waals surface area contributed by atoms with Crippen molar-refractivity contribution in [2.24, 2.45) is 7.05 Å². The maximum atomic E-state index is 14.7. The van der Waals surface area contributed by atoms with Gasteiger partial charge in [0, 0.05) is 74.7 Å². The Morgan fingerprint density at radius 3 is 2.45 bits per heavy atom. The van der Waals surface area contributed by atoms with Gasteiger partial charge in [-0.25, -0.2) is 17.2 Å². The zero-order valence-corrected chi connectivity index (χ0v) is 23.3. The molecule has 1 aliphatic heterocycles. The normalized spacial score (nSPS) is 15.0. The highest BCUT2D eigenvalue weighted by molar-refractivity contribution is 7.92. The number of sulfonamides is 1. The summed E-state index contributed by atoms with van der Waals surface area (Å²) >= 11 is 0. The lowest BCUT2D eigenvalue weighted by Gasteiger charge is -2.33. The Balaban J connectivity index is 1.72. The number of ether oxygens (including phenoxy) is 1. The number of H-pyrrole nitrogens is 1. The van der Waals surface area contributed by atoms with Gasteiger partial charge < -0.3 is 19.2 Å². The molecule has 0 unspecified atom stereocenters. The van der Waals surface area contributed by atoms with Crippen molar-refractivity contribution in [1.82, 2.24) is 19.4 Å². The van der Waals surface area contributed by atoms with Crippen LogP contribution in [-0.2, 0) is 23.6 Å². The molecule has 0 aliphatic carbocycles. The number of fused-ring (bicyclic) bond motifs is 1. The first-order valence-electron chi connectivity index (χ1n) is 12.9. The molecule has 1 fully saturated rings. The number of benzene rings is 2. The Morgan fingerprint density at radius 2 is 1.75 bits per heavy atom. The Morgan fingerprint density at radius 1 is 1.00 bits per heavy atom. The number of nitrogens with zero attached hydrogens (tertiary/aromatic N) is 3. The number of aryl methyl sites for hydroxylation is 1. The van der Waals surface area contributed by atoms with Gasteiger partial charge in [0.1, 0.15) is 17.1 Å². The standard InChI is InChI=1S/C28H31F2N5O4S/c1-4-40(37,38)32-24-15-21(22-17-34(3)28(36)27-20(22)7-8-31-27)26(39-25-6-5-19(29)14-23(25)30)13-18(24)16-35-11-9-33(2)10-12-35/h5-8,13-15,17,31-32H,4,9-12,16H2,1-3H3. The molecule has 0 atom stereocenters. The van der Waals surface area contributed by atoms with Gasteiger partial charge in [0.2, 0.25) is 10.0 Å². The van der Waals surface area contributed by atoms with E-state index in [1.807, 2.05) is 7.05 Å². The van der Waals surface area contributed by atoms with Crippen molar-refractivity contribution in [3.8, 4) is 22.6 Å². The number of pyridine rings is 1. The molecule has 0 bridgehead atoms. The molecule has 1 saturated heterocycles. The monoisotopic (exact) mass is 571 g/mol. The van der Waals surface area contributed by atoms with Crippen LogP contribution in [0.2, 0.25) is 0 Å². The summed E-state index contributed by atoms with van der Waals surface area (Å²) in [5.74, 6) is -1.70. The van der Waals surface area contributed by atoms with Crippen LogP contribution < -0.4 is 15.0 Å². The number of piperazine rings is 1. The molecule has 40 heavy (non-hydrogen) atoms. The van der Waals surface area contributed by atoms with Crippen molar-refractivity contribution < 1.29 is 21.9 Å². The Bertz CT molecular complexity index is 1730. The van der Waals surface area contributed by atoms with E-state index in [4.69, 9.17) is 4.74 Å². The topological polar surface area (TPSA) is 99.7 Å². The molecule has 0 radical (unpaired) electrons. The Labute approximate surface area is 231 Å². The number of hydrogen-bond acceptors (Lipinski definition) is 6. The molecule has 9 nitrogen and oxygen atoms in total. The van der Waals surface area contributed by atoms with Crippen molar-refractivity contribution in [2.75, 3.05) is 43.7 Å². The highest BCUT2D eigenvalue weighted by Gasteiger charge is 2.23. The lowest BCUT2D eigenvalue weighted by molar-refractivity contribution is 0.148. The highest BCUT2D eigenvalue weighted by Crippen LogP contribution is 2.41. The minimum Gasteiger partial charge on any atom is -0.454 e. The predicted molar refractivity (Wildman–Crippen MR) is 151 cm³/mol. The number of aromatic amines is 1. The number of aromatic nitrogens is 2. The molecule has 12 heteroatoms. The van der Waals surface area contributed by atoms with Crippen molar-refractivity contribution in [1.29, 1.82) is 0 Å². The summed E-state index contributed by atoms with van der Waals surface area (Å²) in [7, 11) is -0.00140. The van der Waals surface area contributed by atoms with Crippen molar-refractivity contribution in [3.05, 3.63) is 76.3 Å². The molecule has 4 aromatic rings. The second-order valence-corrected chi connectivity index (χ2v) is 12.0. The van der Waals surface area contributed by atoms with Gasteiger partial charge in [-0.3, -0.25) is 14.4 Å². The fraction of sp³-hybridized carbons (Fsp3) is 0.321. The third kappa shape index (κ3) is 5.74. The van der Waals surface area contributed by atoms with Gasteiger partial charge in [0.25, 0.3) is 5.56 Å². The van der Waals surface area contributed by atoms with Crippen LogP contribution in [0.4, 0.5) is 14.5 Å². The fourth-order valence-corrected chi connectivity index (χ4v) is 5.46. The summed E-state index contributed by atoms with van der Waals surface area (Å²) in [6.45, 7) is 5.26. The number of rotatable bonds is 8. The molecule has 1 aliphatic rings. The van der Waals surface area contributed by atoms with Crippen LogP contribution in [0.15, 0.2) is 53.6 Å². The van der Waals surface area contributed by atoms with E-state index in [9.17, 15) is 22.0 Å². The van der Waals surface area contributed by atoms with Gasteiger partial charge in [-0.1, -0.05) is 0 Å². The predicted octanol–water partition coefficient (Wildman–Crippen LogP) is 4.11. The van der Waals surface area contributed by atoms with Crippen LogP contribution >= 0.6 is 0 Å². The first kappa shape index (κ1) is 27.8. The van der Waals surface area contributed by atoms with Crippen molar-refractivity contribution >= 4 is 26.6 Å². The van der Waals surface area contributed by atoms with Crippen LogP contribution in [0, 0.1) is 11.6 Å². The number of hydrogen-bond donors (Lipinski definition) is 2. The summed E-state index contributed by atoms with van der Waals surface area (Å²) in [5, 5.41) is 0.587. The van der Waals surface area contributed by atoms with Crippen molar-refractivity contribution in [2.45, 2.75) is 13.5 Å². The Hall–Kier alpha value is -3.74. The van der Waals surface area contributed by atoms with Gasteiger partial charge in [-0.05, 0) is 49.9 Å². The van der Waals surface area contributed by atoms with Crippen LogP contribution in [0.25, 0.3) is 22.0 Å². The molecule has 0 amide bonds. The molecule has 2 aromatic heterocycles. The molecular formula is C28H31F2N5O4S. The third-order valence-corrected chi connectivity index (χ3v) is 8.43. The average molecular weight is 572 g/mol. The maximum absolute atomic E-state index is 14.7. The third-order valence-electron chi connectivity index (χ3n) is 7.14. The van der Waals surface area contributed by atoms with E-state index < -0.39 is 21.7 Å². The summed E-state index contributed by atoms with van der Waals surface area (Å²) in [6, 6.07) is 8.12. The minimum atomic E-state index is -3.65. The van der Waals surface area contributed by atoms with Crippen LogP contribution in [0.3, 0.4) is 0 Å². The maximum Gasteiger partial charge on any atom is 0.274 e. The van der Waals surface area contributed by atoms with Crippen LogP contribution in [-0.4, -0.2) is 66.7 Å². The van der Waals surface area contributed by atoms with Gasteiger partial charge in [-0.2, -0.15) is 0 Å². The lowest BCUT2D eigenvalue weighted by Crippen LogP contribution is -2.44. The number of nitrogens with one attached hydrogen (secondary N) is 2. The largest absolute Gasteiger partial charge is 0.454 e. The van der Waals surface area contributed by atoms with Gasteiger partial charge in [-0.15, -0.1) is 0 Å². The SMILES string of the molecule is CCS(=O)(=O)Nc1cc(-c2cn(C)c(=O)c3[nH]ccc23)c(Oc2ccc(F)cc2F)cc1CN1CCN(C)CC1. The van der Waals surface area contributed by atoms with E-state index in [1.165, 1.54) is 10.6 Å². The first-order valence-corrected chi connectivity index (χ1v) is 14.6. The van der Waals surface area contributed by atoms with Crippen LogP contribution in [0.1, 0.15) is 12.5 Å². The van der Waals surface area contributed by atoms with Crippen LogP contribution in [0.5, 0.6) is 11.5 Å². The molecule has 0 saturated carbocycles. The molecule has 3 heterocycles. The fourth-order valence-electron chi connectivity index (χ4n) is 4.79. The molecule has 0 spiro atoms. The average Bonchev–Trinajstić information content (AvgIpc) is 3.41. The van der Waals surface area contributed by atoms with Crippen molar-refractivity contribution in [3.63, 3.8) is 0 Å². The smallest absolute Gasteiger partial charge is 0.274 e. The summed E-state index contributed by atoms with van der Waals surface area (Å²) in [6.07, 6.45) is 3.26. The zero-order chi connectivity index (χ0) is 28.6. The molecule has 2 aromatic carbocycles. The second kappa shape index (κ2) is 11.0. The second-order valence-electron chi connectivity index (χ2n) is 9.99. The lowest BCUT2D eigenvalue weighted by atomic mass is 9.99. The minimum absolute atomic E-state index is 0.128. The van der Waals surface area contributed by atoms with E-state index in [0.29, 0.717) is 39.8 Å². The summed E-state index contributed by atoms with van der Waals surface area (Å²) in [4.78, 5) is 20.1. The molecule has 5 rings (SSSR count). The molecule has 2 N–H and O–H groups in total. The van der Waals surface area contributed by atoms with Gasteiger partial charge in [0.15, 0.2) is 11.6 Å². The highest BCUT2D eigenvalue weighted by atomic mass is 32.2. The first-order chi connectivity index (χ1) is 19.0. The zero-order valence-electron chi connectivity index (χ0n) is 22.5. The number of likely N-dealkylation sites (N-methyl/N-ethyl adjacent to an activating group) is 1. The van der Waals surface area contributed by atoms with Gasteiger partial charge >= 0.3 is 0 Å². The van der Waals surface area contributed by atoms with E-state index >= 15 is 0 Å². The van der Waals surface area contributed by atoms with E-state index in [1.54, 1.807) is 44.6 Å². The van der Waals surface area contributed by atoms with E-state index in [2.05, 4.69) is 19.5 Å². The molecule has 212 valence electrons. The quantitative estimate of drug-likeness (QED) is 0.330. The Kier molecular flexibility index (Phi) is 7.67. The van der Waals surface area contributed by atoms with Gasteiger partial charge in [0.05, 0.1) is 11.4 Å².